The molecule has 1 aliphatic heterocycles. The van der Waals surface area contributed by atoms with Gasteiger partial charge in [0.15, 0.2) is 6.23 Å². The van der Waals surface area contributed by atoms with E-state index < -0.39 is 31.1 Å². The maximum atomic E-state index is 10.1. The molecular formula is C12H12N4O4S. The van der Waals surface area contributed by atoms with Gasteiger partial charge in [-0.1, -0.05) is 12.2 Å². The van der Waals surface area contributed by atoms with Crippen LogP contribution in [0.2, 0.25) is 0 Å². The van der Waals surface area contributed by atoms with Crippen molar-refractivity contribution < 1.29 is 20.1 Å². The number of H-pyrrole nitrogens is 1. The number of aliphatic hydroxyl groups is 3. The molecule has 0 aliphatic carbocycles. The highest BCUT2D eigenvalue weighted by molar-refractivity contribution is 7.71. The molecule has 3 rings (SSSR count). The van der Waals surface area contributed by atoms with Crippen LogP contribution in [-0.2, 0) is 4.74 Å². The highest BCUT2D eigenvalue weighted by atomic mass is 32.1. The van der Waals surface area contributed by atoms with Crippen molar-refractivity contribution in [1.29, 1.82) is 5.26 Å². The van der Waals surface area contributed by atoms with Gasteiger partial charge >= 0.3 is 0 Å². The third kappa shape index (κ3) is 2.05. The molecule has 8 nitrogen and oxygen atoms in total. The number of aliphatic hydroxyl groups excluding tert-OH is 3. The van der Waals surface area contributed by atoms with Crippen molar-refractivity contribution in [3.05, 3.63) is 22.7 Å². The number of nitriles is 1. The van der Waals surface area contributed by atoms with Crippen LogP contribution in [0.15, 0.2) is 12.5 Å². The number of ether oxygens (including phenoxy) is 1. The van der Waals surface area contributed by atoms with Crippen molar-refractivity contribution in [2.24, 2.45) is 0 Å². The summed E-state index contributed by atoms with van der Waals surface area (Å²) in [4.78, 5) is 6.78. The van der Waals surface area contributed by atoms with E-state index in [0.29, 0.717) is 11.0 Å². The lowest BCUT2D eigenvalue weighted by Crippen LogP contribution is -2.33. The largest absolute Gasteiger partial charge is 0.394 e. The molecule has 0 aromatic carbocycles. The minimum atomic E-state index is -1.24. The summed E-state index contributed by atoms with van der Waals surface area (Å²) in [7, 11) is 0. The fourth-order valence-electron chi connectivity index (χ4n) is 2.50. The standard InChI is InChI=1S/C12H12N4O4S/c13-1-5-2-16(10-7(5)11(21)15-4-14-10)12-9(19)8(18)6(3-17)20-12/h2,4,6,8-9,12,17-19H,3H2,(H,14,15,21)/t6-,8+,9-,12+/m0/s1. The van der Waals surface area contributed by atoms with Gasteiger partial charge in [0.25, 0.3) is 0 Å². The Morgan fingerprint density at radius 2 is 2.24 bits per heavy atom. The molecule has 0 unspecified atom stereocenters. The van der Waals surface area contributed by atoms with Crippen molar-refractivity contribution in [2.75, 3.05) is 6.61 Å². The Bertz CT molecular complexity index is 780. The zero-order valence-corrected chi connectivity index (χ0v) is 11.5. The topological polar surface area (TPSA) is 127 Å². The molecule has 9 heteroatoms. The molecule has 2 aromatic rings. The van der Waals surface area contributed by atoms with Crippen LogP contribution in [0, 0.1) is 16.0 Å². The van der Waals surface area contributed by atoms with E-state index >= 15 is 0 Å². The molecule has 4 N–H and O–H groups in total. The van der Waals surface area contributed by atoms with Gasteiger partial charge in [-0.15, -0.1) is 0 Å². The van der Waals surface area contributed by atoms with E-state index in [1.165, 1.54) is 17.1 Å². The summed E-state index contributed by atoms with van der Waals surface area (Å²) in [5.41, 5.74) is 0.749. The first-order valence-electron chi connectivity index (χ1n) is 6.19. The Hall–Kier alpha value is -1.83. The number of hydrogen-bond donors (Lipinski definition) is 4. The fraction of sp³-hybridized carbons (Fsp3) is 0.417. The zero-order valence-electron chi connectivity index (χ0n) is 10.7. The number of hydrogen-bond acceptors (Lipinski definition) is 7. The van der Waals surface area contributed by atoms with E-state index in [1.807, 2.05) is 6.07 Å². The van der Waals surface area contributed by atoms with Crippen LogP contribution in [0.3, 0.4) is 0 Å². The van der Waals surface area contributed by atoms with Crippen molar-refractivity contribution in [1.82, 2.24) is 14.5 Å². The van der Waals surface area contributed by atoms with Crippen LogP contribution in [0.1, 0.15) is 11.8 Å². The monoisotopic (exact) mass is 308 g/mol. The van der Waals surface area contributed by atoms with E-state index in [9.17, 15) is 15.5 Å². The summed E-state index contributed by atoms with van der Waals surface area (Å²) in [5.74, 6) is 0. The molecule has 1 aliphatic rings. The minimum absolute atomic E-state index is 0.255. The van der Waals surface area contributed by atoms with Gasteiger partial charge in [0.2, 0.25) is 0 Å². The number of nitrogens with one attached hydrogen (secondary N) is 1. The molecule has 0 amide bonds. The smallest absolute Gasteiger partial charge is 0.164 e. The van der Waals surface area contributed by atoms with Gasteiger partial charge in [-0.25, -0.2) is 4.98 Å². The number of fused-ring (bicyclic) bond motifs is 1. The molecule has 0 radical (unpaired) electrons. The molecule has 110 valence electrons. The van der Waals surface area contributed by atoms with Crippen LogP contribution in [0.25, 0.3) is 11.0 Å². The number of rotatable bonds is 2. The van der Waals surface area contributed by atoms with Crippen molar-refractivity contribution >= 4 is 23.3 Å². The van der Waals surface area contributed by atoms with Crippen LogP contribution in [0.4, 0.5) is 0 Å². The van der Waals surface area contributed by atoms with E-state index in [-0.39, 0.29) is 10.2 Å². The molecule has 21 heavy (non-hydrogen) atoms. The molecule has 0 bridgehead atoms. The van der Waals surface area contributed by atoms with E-state index in [2.05, 4.69) is 9.97 Å². The second-order valence-electron chi connectivity index (χ2n) is 4.72. The fourth-order valence-corrected chi connectivity index (χ4v) is 2.76. The summed E-state index contributed by atoms with van der Waals surface area (Å²) in [6, 6.07) is 2.01. The number of aromatic nitrogens is 3. The lowest BCUT2D eigenvalue weighted by molar-refractivity contribution is -0.0508. The molecule has 0 saturated carbocycles. The maximum Gasteiger partial charge on any atom is 0.164 e. The van der Waals surface area contributed by atoms with E-state index in [4.69, 9.17) is 22.1 Å². The molecule has 3 heterocycles. The number of aromatic amines is 1. The number of nitrogens with zero attached hydrogens (tertiary/aromatic N) is 3. The Balaban J connectivity index is 2.17. The highest BCUT2D eigenvalue weighted by Crippen LogP contribution is 2.33. The van der Waals surface area contributed by atoms with Crippen LogP contribution < -0.4 is 0 Å². The highest BCUT2D eigenvalue weighted by Gasteiger charge is 2.43. The third-order valence-electron chi connectivity index (χ3n) is 3.54. The average Bonchev–Trinajstić information content (AvgIpc) is 2.99. The van der Waals surface area contributed by atoms with Crippen molar-refractivity contribution in [3.8, 4) is 6.07 Å². The summed E-state index contributed by atoms with van der Waals surface area (Å²) in [5, 5.41) is 38.7. The Labute approximate surface area is 123 Å². The van der Waals surface area contributed by atoms with Gasteiger partial charge in [0.1, 0.15) is 34.7 Å². The lowest BCUT2D eigenvalue weighted by Gasteiger charge is -2.17. The summed E-state index contributed by atoms with van der Waals surface area (Å²) < 4.78 is 7.19. The molecular weight excluding hydrogens is 296 g/mol. The zero-order chi connectivity index (χ0) is 15.1. The van der Waals surface area contributed by atoms with Gasteiger partial charge in [-0.2, -0.15) is 5.26 Å². The first kappa shape index (κ1) is 14.1. The van der Waals surface area contributed by atoms with Gasteiger partial charge in [0.05, 0.1) is 23.9 Å². The Kier molecular flexibility index (Phi) is 3.48. The van der Waals surface area contributed by atoms with Gasteiger partial charge in [-0.3, -0.25) is 0 Å². The lowest BCUT2D eigenvalue weighted by atomic mass is 10.1. The molecule has 2 aromatic heterocycles. The minimum Gasteiger partial charge on any atom is -0.394 e. The van der Waals surface area contributed by atoms with Crippen LogP contribution in [-0.4, -0.2) is 54.8 Å². The molecule has 4 atom stereocenters. The van der Waals surface area contributed by atoms with E-state index in [1.54, 1.807) is 0 Å². The normalized spacial score (nSPS) is 28.9. The second-order valence-corrected chi connectivity index (χ2v) is 5.11. The maximum absolute atomic E-state index is 10.1. The molecule has 1 saturated heterocycles. The average molecular weight is 308 g/mol. The van der Waals surface area contributed by atoms with Crippen LogP contribution >= 0.6 is 12.2 Å². The quantitative estimate of drug-likeness (QED) is 0.555. The molecule has 1 fully saturated rings. The van der Waals surface area contributed by atoms with Gasteiger partial charge in [0, 0.05) is 6.20 Å². The van der Waals surface area contributed by atoms with Crippen molar-refractivity contribution in [3.63, 3.8) is 0 Å². The first-order chi connectivity index (χ1) is 10.1. The van der Waals surface area contributed by atoms with Crippen molar-refractivity contribution in [2.45, 2.75) is 24.5 Å². The molecule has 0 spiro atoms. The second kappa shape index (κ2) is 5.18. The first-order valence-corrected chi connectivity index (χ1v) is 6.60. The Morgan fingerprint density at radius 3 is 2.86 bits per heavy atom. The summed E-state index contributed by atoms with van der Waals surface area (Å²) >= 11 is 5.11. The van der Waals surface area contributed by atoms with E-state index in [0.717, 1.165) is 0 Å². The van der Waals surface area contributed by atoms with Crippen LogP contribution in [0.5, 0.6) is 0 Å². The SMILES string of the molecule is N#Cc1cn([C@@H]2O[C@@H](CO)[C@@H](O)[C@@H]2O)c2[nH]cnc(=S)c12. The Morgan fingerprint density at radius 1 is 1.48 bits per heavy atom. The summed E-state index contributed by atoms with van der Waals surface area (Å²) in [6.45, 7) is -0.420. The van der Waals surface area contributed by atoms with Gasteiger partial charge in [-0.05, 0) is 0 Å². The predicted octanol–water partition coefficient (Wildman–Crippen LogP) is -0.423. The predicted molar refractivity (Wildman–Crippen MR) is 72.6 cm³/mol. The van der Waals surface area contributed by atoms with Gasteiger partial charge < -0.3 is 29.6 Å². The summed E-state index contributed by atoms with van der Waals surface area (Å²) in [6.07, 6.45) is -1.43. The third-order valence-corrected chi connectivity index (χ3v) is 3.85.